The molecule has 0 spiro atoms. The number of rotatable bonds is 6. The van der Waals surface area contributed by atoms with E-state index in [0.717, 1.165) is 24.7 Å². The zero-order valence-electron chi connectivity index (χ0n) is 14.0. The number of halogens is 1. The first-order valence-corrected chi connectivity index (χ1v) is 7.74. The molecule has 23 heavy (non-hydrogen) atoms. The van der Waals surface area contributed by atoms with Crippen LogP contribution in [0.4, 0.5) is 0 Å². The summed E-state index contributed by atoms with van der Waals surface area (Å²) in [7, 11) is 1.93. The van der Waals surface area contributed by atoms with Gasteiger partial charge in [-0.2, -0.15) is 5.10 Å². The molecule has 126 valence electrons. The first-order valence-electron chi connectivity index (χ1n) is 7.74. The summed E-state index contributed by atoms with van der Waals surface area (Å²) in [5.74, 6) is 1.27. The van der Waals surface area contributed by atoms with Crippen LogP contribution in [0.2, 0.25) is 0 Å². The number of aromatic nitrogens is 2. The lowest BCUT2D eigenvalue weighted by atomic mass is 10.0. The number of guanidine groups is 1. The predicted molar refractivity (Wildman–Crippen MR) is 106 cm³/mol. The first kappa shape index (κ1) is 19.5. The maximum Gasteiger partial charge on any atom is 0.191 e. The topological polar surface area (TPSA) is 54.2 Å². The van der Waals surface area contributed by atoms with Crippen molar-refractivity contribution in [2.45, 2.75) is 26.3 Å². The van der Waals surface area contributed by atoms with Crippen LogP contribution in [0.1, 0.15) is 31.0 Å². The van der Waals surface area contributed by atoms with Crippen molar-refractivity contribution >= 4 is 29.9 Å². The van der Waals surface area contributed by atoms with E-state index in [2.05, 4.69) is 58.8 Å². The predicted octanol–water partition coefficient (Wildman–Crippen LogP) is 2.90. The molecule has 0 amide bonds. The third kappa shape index (κ3) is 6.21. The van der Waals surface area contributed by atoms with Crippen LogP contribution < -0.4 is 10.6 Å². The highest BCUT2D eigenvalue weighted by Crippen LogP contribution is 2.12. The standard InChI is InChI=1S/C17H25N5.HI/c1-4-18-17(20-13-16-10-11-21-22(16)3)19-12-14(2)15-8-6-5-7-9-15;/h5-11,14H,4,12-13H2,1-3H3,(H2,18,19,20);1H. The number of hydrogen-bond acceptors (Lipinski definition) is 2. The fraction of sp³-hybridized carbons (Fsp3) is 0.412. The van der Waals surface area contributed by atoms with Crippen LogP contribution in [-0.4, -0.2) is 28.8 Å². The number of aryl methyl sites for hydroxylation is 1. The molecule has 0 fully saturated rings. The highest BCUT2D eigenvalue weighted by atomic mass is 127. The summed E-state index contributed by atoms with van der Waals surface area (Å²) in [4.78, 5) is 4.62. The molecule has 0 aliphatic rings. The maximum atomic E-state index is 4.62. The lowest BCUT2D eigenvalue weighted by Crippen LogP contribution is -2.39. The van der Waals surface area contributed by atoms with Crippen LogP contribution in [-0.2, 0) is 13.6 Å². The lowest BCUT2D eigenvalue weighted by Gasteiger charge is -2.16. The molecular formula is C17H26IN5. The van der Waals surface area contributed by atoms with E-state index in [9.17, 15) is 0 Å². The van der Waals surface area contributed by atoms with E-state index in [1.165, 1.54) is 5.56 Å². The minimum absolute atomic E-state index is 0. The average Bonchev–Trinajstić information content (AvgIpc) is 2.96. The zero-order chi connectivity index (χ0) is 15.8. The van der Waals surface area contributed by atoms with Crippen LogP contribution in [0.15, 0.2) is 47.6 Å². The van der Waals surface area contributed by atoms with Crippen molar-refractivity contribution in [3.05, 3.63) is 53.9 Å². The van der Waals surface area contributed by atoms with E-state index in [0.29, 0.717) is 12.5 Å². The van der Waals surface area contributed by atoms with Gasteiger partial charge in [-0.15, -0.1) is 24.0 Å². The van der Waals surface area contributed by atoms with Gasteiger partial charge in [0.1, 0.15) is 0 Å². The molecule has 2 aromatic rings. The Morgan fingerprint density at radius 3 is 2.57 bits per heavy atom. The van der Waals surface area contributed by atoms with Gasteiger partial charge in [0, 0.05) is 26.3 Å². The second-order valence-corrected chi connectivity index (χ2v) is 5.33. The van der Waals surface area contributed by atoms with Crippen molar-refractivity contribution in [1.29, 1.82) is 0 Å². The summed E-state index contributed by atoms with van der Waals surface area (Å²) in [5, 5.41) is 10.9. The van der Waals surface area contributed by atoms with Gasteiger partial charge < -0.3 is 10.6 Å². The SMILES string of the molecule is CCNC(=NCc1ccnn1C)NCC(C)c1ccccc1.I. The van der Waals surface area contributed by atoms with E-state index < -0.39 is 0 Å². The van der Waals surface area contributed by atoms with E-state index in [1.807, 2.05) is 23.9 Å². The zero-order valence-corrected chi connectivity index (χ0v) is 16.3. The molecule has 1 atom stereocenters. The van der Waals surface area contributed by atoms with Gasteiger partial charge >= 0.3 is 0 Å². The van der Waals surface area contributed by atoms with Gasteiger partial charge in [-0.25, -0.2) is 4.99 Å². The second-order valence-electron chi connectivity index (χ2n) is 5.33. The molecule has 1 aromatic carbocycles. The number of nitrogens with zero attached hydrogens (tertiary/aromatic N) is 3. The third-order valence-corrected chi connectivity index (χ3v) is 3.61. The molecule has 1 aromatic heterocycles. The van der Waals surface area contributed by atoms with Gasteiger partial charge in [-0.05, 0) is 24.5 Å². The number of aliphatic imine (C=N–C) groups is 1. The second kappa shape index (κ2) is 10.3. The molecule has 2 N–H and O–H groups in total. The molecule has 1 unspecified atom stereocenters. The Morgan fingerprint density at radius 2 is 1.96 bits per heavy atom. The van der Waals surface area contributed by atoms with Gasteiger partial charge in [0.15, 0.2) is 5.96 Å². The van der Waals surface area contributed by atoms with E-state index >= 15 is 0 Å². The van der Waals surface area contributed by atoms with Crippen LogP contribution in [0.3, 0.4) is 0 Å². The van der Waals surface area contributed by atoms with Crippen molar-refractivity contribution in [3.63, 3.8) is 0 Å². The molecule has 0 aliphatic carbocycles. The Hall–Kier alpha value is -1.57. The summed E-state index contributed by atoms with van der Waals surface area (Å²) in [6.07, 6.45) is 1.79. The molecule has 5 nitrogen and oxygen atoms in total. The number of hydrogen-bond donors (Lipinski definition) is 2. The smallest absolute Gasteiger partial charge is 0.191 e. The van der Waals surface area contributed by atoms with E-state index in [-0.39, 0.29) is 24.0 Å². The Bertz CT molecular complexity index is 594. The Labute approximate surface area is 155 Å². The van der Waals surface area contributed by atoms with Gasteiger partial charge in [-0.3, -0.25) is 4.68 Å². The fourth-order valence-corrected chi connectivity index (χ4v) is 2.21. The van der Waals surface area contributed by atoms with Crippen molar-refractivity contribution in [2.75, 3.05) is 13.1 Å². The van der Waals surface area contributed by atoms with Crippen LogP contribution in [0.5, 0.6) is 0 Å². The minimum atomic E-state index is 0. The van der Waals surface area contributed by atoms with Crippen molar-refractivity contribution in [1.82, 2.24) is 20.4 Å². The molecule has 0 radical (unpaired) electrons. The van der Waals surface area contributed by atoms with Gasteiger partial charge in [0.2, 0.25) is 0 Å². The van der Waals surface area contributed by atoms with Gasteiger partial charge in [0.05, 0.1) is 12.2 Å². The Balaban J connectivity index is 0.00000264. The summed E-state index contributed by atoms with van der Waals surface area (Å²) >= 11 is 0. The van der Waals surface area contributed by atoms with Gasteiger partial charge in [0.25, 0.3) is 0 Å². The first-order chi connectivity index (χ1) is 10.7. The summed E-state index contributed by atoms with van der Waals surface area (Å²) in [6, 6.07) is 12.5. The molecule has 2 rings (SSSR count). The molecule has 0 saturated heterocycles. The van der Waals surface area contributed by atoms with Crippen LogP contribution >= 0.6 is 24.0 Å². The highest BCUT2D eigenvalue weighted by Gasteiger charge is 2.06. The van der Waals surface area contributed by atoms with Gasteiger partial charge in [-0.1, -0.05) is 37.3 Å². The summed E-state index contributed by atoms with van der Waals surface area (Å²) < 4.78 is 1.85. The third-order valence-electron chi connectivity index (χ3n) is 3.61. The Kier molecular flexibility index (Phi) is 8.68. The molecule has 0 aliphatic heterocycles. The van der Waals surface area contributed by atoms with Crippen molar-refractivity contribution < 1.29 is 0 Å². The molecular weight excluding hydrogens is 401 g/mol. The molecule has 6 heteroatoms. The van der Waals surface area contributed by atoms with E-state index in [4.69, 9.17) is 0 Å². The summed E-state index contributed by atoms with van der Waals surface area (Å²) in [5.41, 5.74) is 2.42. The molecule has 0 bridgehead atoms. The quantitative estimate of drug-likeness (QED) is 0.424. The maximum absolute atomic E-state index is 4.62. The lowest BCUT2D eigenvalue weighted by molar-refractivity contribution is 0.688. The largest absolute Gasteiger partial charge is 0.357 e. The Morgan fingerprint density at radius 1 is 1.22 bits per heavy atom. The van der Waals surface area contributed by atoms with Crippen LogP contribution in [0.25, 0.3) is 0 Å². The average molecular weight is 427 g/mol. The molecule has 0 saturated carbocycles. The van der Waals surface area contributed by atoms with Crippen molar-refractivity contribution in [3.8, 4) is 0 Å². The number of benzene rings is 1. The van der Waals surface area contributed by atoms with E-state index in [1.54, 1.807) is 6.20 Å². The minimum Gasteiger partial charge on any atom is -0.357 e. The normalized spacial score (nSPS) is 12.4. The molecule has 1 heterocycles. The van der Waals surface area contributed by atoms with Crippen LogP contribution in [0, 0.1) is 0 Å². The fourth-order valence-electron chi connectivity index (χ4n) is 2.21. The number of nitrogens with one attached hydrogen (secondary N) is 2. The summed E-state index contributed by atoms with van der Waals surface area (Å²) in [6.45, 7) is 6.60. The van der Waals surface area contributed by atoms with Crippen molar-refractivity contribution in [2.24, 2.45) is 12.0 Å². The monoisotopic (exact) mass is 427 g/mol. The highest BCUT2D eigenvalue weighted by molar-refractivity contribution is 14.0.